The van der Waals surface area contributed by atoms with Crippen LogP contribution >= 0.6 is 0 Å². The molecule has 5 nitrogen and oxygen atoms in total. The fourth-order valence-electron chi connectivity index (χ4n) is 2.67. The molecular formula is C14H13F3O5. The van der Waals surface area contributed by atoms with E-state index in [-0.39, 0.29) is 28.4 Å². The number of aliphatic hydroxyl groups is 1. The Kier molecular flexibility index (Phi) is 3.36. The van der Waals surface area contributed by atoms with Gasteiger partial charge in [-0.2, -0.15) is 13.2 Å². The Hall–Kier alpha value is -2.09. The van der Waals surface area contributed by atoms with Crippen LogP contribution in [0, 0.1) is 0 Å². The van der Waals surface area contributed by atoms with Gasteiger partial charge < -0.3 is 23.7 Å². The van der Waals surface area contributed by atoms with Crippen LogP contribution in [0.2, 0.25) is 0 Å². The molecule has 0 amide bonds. The minimum absolute atomic E-state index is 0.00352. The summed E-state index contributed by atoms with van der Waals surface area (Å²) in [5, 5.41) is 10.7. The lowest BCUT2D eigenvalue weighted by atomic mass is 9.95. The number of hydrogen-bond acceptors (Lipinski definition) is 5. The Morgan fingerprint density at radius 2 is 1.91 bits per heavy atom. The molecule has 120 valence electrons. The molecule has 0 unspecified atom stereocenters. The number of aliphatic hydroxyl groups excluding tert-OH is 1. The summed E-state index contributed by atoms with van der Waals surface area (Å²) in [4.78, 5) is 0. The van der Waals surface area contributed by atoms with Crippen molar-refractivity contribution in [1.82, 2.24) is 0 Å². The van der Waals surface area contributed by atoms with E-state index in [2.05, 4.69) is 0 Å². The van der Waals surface area contributed by atoms with Gasteiger partial charge in [0.15, 0.2) is 17.4 Å². The maximum absolute atomic E-state index is 12.9. The van der Waals surface area contributed by atoms with Gasteiger partial charge in [0, 0.05) is 6.42 Å². The van der Waals surface area contributed by atoms with Crippen molar-refractivity contribution in [3.63, 3.8) is 0 Å². The zero-order valence-corrected chi connectivity index (χ0v) is 11.7. The van der Waals surface area contributed by atoms with Crippen LogP contribution in [0.1, 0.15) is 18.1 Å². The first-order valence-electron chi connectivity index (χ1n) is 6.45. The molecule has 0 bridgehead atoms. The highest BCUT2D eigenvalue weighted by Crippen LogP contribution is 2.53. The van der Waals surface area contributed by atoms with Crippen LogP contribution in [0.5, 0.6) is 17.2 Å². The van der Waals surface area contributed by atoms with E-state index in [0.717, 1.165) is 0 Å². The molecule has 8 heteroatoms. The summed E-state index contributed by atoms with van der Waals surface area (Å²) in [6.07, 6.45) is -7.37. The number of benzene rings is 1. The molecule has 1 aromatic heterocycles. The highest BCUT2D eigenvalue weighted by Gasteiger charge is 2.48. The summed E-state index contributed by atoms with van der Waals surface area (Å²) >= 11 is 0. The van der Waals surface area contributed by atoms with Gasteiger partial charge in [-0.3, -0.25) is 0 Å². The van der Waals surface area contributed by atoms with Gasteiger partial charge in [-0.15, -0.1) is 0 Å². The quantitative estimate of drug-likeness (QED) is 0.921. The Morgan fingerprint density at radius 3 is 2.50 bits per heavy atom. The van der Waals surface area contributed by atoms with E-state index in [1.54, 1.807) is 6.07 Å². The van der Waals surface area contributed by atoms with Gasteiger partial charge in [0.05, 0.1) is 37.5 Å². The number of rotatable bonds is 2. The third-order valence-corrected chi connectivity index (χ3v) is 3.62. The molecule has 0 aliphatic carbocycles. The summed E-state index contributed by atoms with van der Waals surface area (Å²) < 4.78 is 59.5. The summed E-state index contributed by atoms with van der Waals surface area (Å²) in [7, 11) is 2.65. The van der Waals surface area contributed by atoms with Crippen molar-refractivity contribution in [2.75, 3.05) is 14.2 Å². The monoisotopic (exact) mass is 318 g/mol. The zero-order valence-electron chi connectivity index (χ0n) is 11.7. The normalized spacial score (nSPS) is 21.4. The topological polar surface area (TPSA) is 61.1 Å². The molecule has 0 saturated carbocycles. The molecule has 0 spiro atoms. The molecule has 2 heterocycles. The van der Waals surface area contributed by atoms with Crippen molar-refractivity contribution < 1.29 is 36.9 Å². The highest BCUT2D eigenvalue weighted by molar-refractivity contribution is 5.94. The number of ether oxygens (including phenoxy) is 3. The fraction of sp³-hybridized carbons (Fsp3) is 0.429. The standard InChI is InChI=1S/C14H13F3O5/c1-19-10-6-3-4-21-11(6)13(20-2)12-9(10)7(18)5-8(22-12)14(15,16)17/h3-4,7-8,18H,5H2,1-2H3/t7-,8-/m0/s1. The molecule has 1 aliphatic rings. The van der Waals surface area contributed by atoms with Crippen LogP contribution < -0.4 is 14.2 Å². The summed E-state index contributed by atoms with van der Waals surface area (Å²) in [6.45, 7) is 0. The van der Waals surface area contributed by atoms with E-state index in [0.29, 0.717) is 5.39 Å². The first-order chi connectivity index (χ1) is 10.4. The average Bonchev–Trinajstić information content (AvgIpc) is 2.92. The van der Waals surface area contributed by atoms with Crippen molar-refractivity contribution in [3.05, 3.63) is 17.9 Å². The molecule has 1 N–H and O–H groups in total. The Morgan fingerprint density at radius 1 is 1.23 bits per heavy atom. The maximum Gasteiger partial charge on any atom is 0.425 e. The maximum atomic E-state index is 12.9. The van der Waals surface area contributed by atoms with Crippen LogP contribution in [0.4, 0.5) is 13.2 Å². The van der Waals surface area contributed by atoms with E-state index < -0.39 is 24.8 Å². The average molecular weight is 318 g/mol. The van der Waals surface area contributed by atoms with E-state index in [9.17, 15) is 18.3 Å². The summed E-state index contributed by atoms with van der Waals surface area (Å²) in [5.74, 6) is 0.0133. The van der Waals surface area contributed by atoms with Crippen molar-refractivity contribution >= 4 is 11.0 Å². The second-order valence-corrected chi connectivity index (χ2v) is 4.87. The van der Waals surface area contributed by atoms with Crippen LogP contribution in [0.3, 0.4) is 0 Å². The summed E-state index contributed by atoms with van der Waals surface area (Å²) in [5.41, 5.74) is 0.335. The van der Waals surface area contributed by atoms with Gasteiger partial charge in [0.1, 0.15) is 5.75 Å². The Labute approximate surface area is 123 Å². The molecular weight excluding hydrogens is 305 g/mol. The molecule has 0 radical (unpaired) electrons. The van der Waals surface area contributed by atoms with E-state index in [1.165, 1.54) is 20.5 Å². The lowest BCUT2D eigenvalue weighted by molar-refractivity contribution is -0.207. The zero-order chi connectivity index (χ0) is 16.1. The Balaban J connectivity index is 2.28. The SMILES string of the molecule is COc1c2c(c(OC)c3occc13)O[C@H](C(F)(F)F)C[C@@H]2O. The van der Waals surface area contributed by atoms with Gasteiger partial charge >= 0.3 is 6.18 Å². The number of hydrogen-bond donors (Lipinski definition) is 1. The minimum atomic E-state index is -4.60. The smallest absolute Gasteiger partial charge is 0.425 e. The van der Waals surface area contributed by atoms with Gasteiger partial charge in [0.2, 0.25) is 5.75 Å². The lowest BCUT2D eigenvalue weighted by Gasteiger charge is -2.32. The predicted molar refractivity (Wildman–Crippen MR) is 69.4 cm³/mol. The molecule has 1 aromatic carbocycles. The molecule has 2 atom stereocenters. The van der Waals surface area contributed by atoms with Crippen LogP contribution in [0.15, 0.2) is 16.7 Å². The van der Waals surface area contributed by atoms with Crippen molar-refractivity contribution in [3.8, 4) is 17.2 Å². The first-order valence-corrected chi connectivity index (χ1v) is 6.45. The second kappa shape index (κ2) is 4.98. The largest absolute Gasteiger partial charge is 0.495 e. The number of halogens is 3. The van der Waals surface area contributed by atoms with Crippen molar-refractivity contribution in [2.24, 2.45) is 0 Å². The molecule has 1 aliphatic heterocycles. The lowest BCUT2D eigenvalue weighted by Crippen LogP contribution is -2.39. The third-order valence-electron chi connectivity index (χ3n) is 3.62. The van der Waals surface area contributed by atoms with Crippen LogP contribution in [0.25, 0.3) is 11.0 Å². The first kappa shape index (κ1) is 14.8. The van der Waals surface area contributed by atoms with Crippen molar-refractivity contribution in [2.45, 2.75) is 24.8 Å². The van der Waals surface area contributed by atoms with E-state index in [4.69, 9.17) is 18.6 Å². The number of methoxy groups -OCH3 is 2. The molecule has 0 saturated heterocycles. The van der Waals surface area contributed by atoms with Gasteiger partial charge in [-0.05, 0) is 6.07 Å². The van der Waals surface area contributed by atoms with E-state index in [1.807, 2.05) is 0 Å². The van der Waals surface area contributed by atoms with Gasteiger partial charge in [-0.1, -0.05) is 0 Å². The second-order valence-electron chi connectivity index (χ2n) is 4.87. The van der Waals surface area contributed by atoms with Gasteiger partial charge in [-0.25, -0.2) is 0 Å². The Bertz CT molecular complexity index is 707. The fourth-order valence-corrected chi connectivity index (χ4v) is 2.67. The molecule has 0 fully saturated rings. The molecule has 22 heavy (non-hydrogen) atoms. The highest BCUT2D eigenvalue weighted by atomic mass is 19.4. The number of alkyl halides is 3. The number of fused-ring (bicyclic) bond motifs is 2. The summed E-state index contributed by atoms with van der Waals surface area (Å²) in [6, 6.07) is 1.58. The van der Waals surface area contributed by atoms with Crippen LogP contribution in [-0.2, 0) is 0 Å². The third kappa shape index (κ3) is 2.06. The van der Waals surface area contributed by atoms with Crippen molar-refractivity contribution in [1.29, 1.82) is 0 Å². The van der Waals surface area contributed by atoms with Crippen LogP contribution in [-0.4, -0.2) is 31.6 Å². The molecule has 2 aromatic rings. The van der Waals surface area contributed by atoms with Gasteiger partial charge in [0.25, 0.3) is 0 Å². The number of furan rings is 1. The predicted octanol–water partition coefficient (Wildman–Crippen LogP) is 3.20. The van der Waals surface area contributed by atoms with E-state index >= 15 is 0 Å². The minimum Gasteiger partial charge on any atom is -0.495 e. The molecule has 3 rings (SSSR count).